The summed E-state index contributed by atoms with van der Waals surface area (Å²) >= 11 is 0. The highest BCUT2D eigenvalue weighted by molar-refractivity contribution is 5.91. The van der Waals surface area contributed by atoms with Gasteiger partial charge in [-0.3, -0.25) is 4.79 Å². The molecule has 74 valence electrons. The third-order valence-electron chi connectivity index (χ3n) is 3.26. The predicted octanol–water partition coefficient (Wildman–Crippen LogP) is 0.701. The first-order valence-corrected chi connectivity index (χ1v) is 4.67. The first-order valence-electron chi connectivity index (χ1n) is 4.67. The van der Waals surface area contributed by atoms with Crippen LogP contribution in [0.25, 0.3) is 0 Å². The Bertz CT molecular complexity index is 349. The van der Waals surface area contributed by atoms with E-state index in [1.165, 1.54) is 0 Å². The number of benzene rings is 1. The molecule has 0 aromatic heterocycles. The first-order chi connectivity index (χ1) is 6.58. The Hall–Kier alpha value is -1.35. The number of rotatable bonds is 1. The van der Waals surface area contributed by atoms with Crippen molar-refractivity contribution in [3.05, 3.63) is 35.9 Å². The number of hydrogen-bond donors (Lipinski definition) is 1. The average molecular weight is 190 g/mol. The van der Waals surface area contributed by atoms with Gasteiger partial charge in [-0.1, -0.05) is 30.3 Å². The summed E-state index contributed by atoms with van der Waals surface area (Å²) in [5, 5.41) is 0. The molecule has 0 spiro atoms. The van der Waals surface area contributed by atoms with Crippen molar-refractivity contribution >= 4 is 5.91 Å². The number of nitrogens with two attached hydrogens (primary N) is 1. The quantitative estimate of drug-likeness (QED) is 0.663. The Morgan fingerprint density at radius 2 is 1.93 bits per heavy atom. The van der Waals surface area contributed by atoms with Gasteiger partial charge in [0.05, 0.1) is 5.54 Å². The van der Waals surface area contributed by atoms with E-state index in [0.717, 1.165) is 5.56 Å². The normalized spacial score (nSPS) is 31.5. The summed E-state index contributed by atoms with van der Waals surface area (Å²) in [5.41, 5.74) is 6.59. The summed E-state index contributed by atoms with van der Waals surface area (Å²) in [6.45, 7) is 1.99. The van der Waals surface area contributed by atoms with Crippen LogP contribution in [0.15, 0.2) is 30.3 Å². The second-order valence-corrected chi connectivity index (χ2v) is 3.89. The molecule has 1 aliphatic rings. The summed E-state index contributed by atoms with van der Waals surface area (Å²) in [6.07, 6.45) is 0. The fourth-order valence-corrected chi connectivity index (χ4v) is 1.97. The highest BCUT2D eigenvalue weighted by Crippen LogP contribution is 2.38. The molecule has 1 aromatic carbocycles. The topological polar surface area (TPSA) is 46.3 Å². The lowest BCUT2D eigenvalue weighted by molar-refractivity contribution is -0.157. The highest BCUT2D eigenvalue weighted by atomic mass is 16.2. The lowest BCUT2D eigenvalue weighted by Crippen LogP contribution is -2.72. The molecule has 1 heterocycles. The molecule has 14 heavy (non-hydrogen) atoms. The van der Waals surface area contributed by atoms with Gasteiger partial charge in [-0.2, -0.15) is 0 Å². The van der Waals surface area contributed by atoms with Gasteiger partial charge in [-0.05, 0) is 12.5 Å². The maximum absolute atomic E-state index is 11.4. The molecule has 0 saturated carbocycles. The van der Waals surface area contributed by atoms with Gasteiger partial charge in [0.15, 0.2) is 0 Å². The van der Waals surface area contributed by atoms with Crippen molar-refractivity contribution in [3.63, 3.8) is 0 Å². The van der Waals surface area contributed by atoms with Gasteiger partial charge >= 0.3 is 0 Å². The number of likely N-dealkylation sites (N-methyl/N-ethyl adjacent to an activating group) is 1. The van der Waals surface area contributed by atoms with Crippen LogP contribution in [0.2, 0.25) is 0 Å². The number of amides is 1. The minimum Gasteiger partial charge on any atom is -0.333 e. The van der Waals surface area contributed by atoms with Gasteiger partial charge in [-0.15, -0.1) is 0 Å². The minimum atomic E-state index is -0.408. The van der Waals surface area contributed by atoms with E-state index in [9.17, 15) is 4.79 Å². The van der Waals surface area contributed by atoms with Gasteiger partial charge in [0.1, 0.15) is 6.04 Å². The molecule has 0 aliphatic carbocycles. The van der Waals surface area contributed by atoms with E-state index in [-0.39, 0.29) is 11.4 Å². The Morgan fingerprint density at radius 3 is 2.43 bits per heavy atom. The highest BCUT2D eigenvalue weighted by Gasteiger charge is 2.53. The maximum atomic E-state index is 11.4. The summed E-state index contributed by atoms with van der Waals surface area (Å²) in [5.74, 6) is 0.0105. The van der Waals surface area contributed by atoms with Crippen LogP contribution >= 0.6 is 0 Å². The Kier molecular flexibility index (Phi) is 1.86. The van der Waals surface area contributed by atoms with E-state index in [4.69, 9.17) is 5.73 Å². The van der Waals surface area contributed by atoms with Crippen LogP contribution in [0.3, 0.4) is 0 Å². The molecule has 1 fully saturated rings. The van der Waals surface area contributed by atoms with Gasteiger partial charge in [0, 0.05) is 7.05 Å². The zero-order valence-corrected chi connectivity index (χ0v) is 8.40. The summed E-state index contributed by atoms with van der Waals surface area (Å²) < 4.78 is 0. The molecule has 3 heteroatoms. The molecule has 2 rings (SSSR count). The van der Waals surface area contributed by atoms with E-state index < -0.39 is 6.04 Å². The molecule has 1 saturated heterocycles. The molecule has 0 bridgehead atoms. The molecule has 0 radical (unpaired) electrons. The summed E-state index contributed by atoms with van der Waals surface area (Å²) in [4.78, 5) is 13.1. The SMILES string of the molecule is CN1C(=O)[C@@H](N)[C@@]1(C)c1ccccc1. The van der Waals surface area contributed by atoms with Crippen molar-refractivity contribution in [1.29, 1.82) is 0 Å². The molecule has 0 unspecified atom stereocenters. The first kappa shape index (κ1) is 9.21. The third-order valence-corrected chi connectivity index (χ3v) is 3.26. The van der Waals surface area contributed by atoms with E-state index >= 15 is 0 Å². The zero-order chi connectivity index (χ0) is 10.3. The Morgan fingerprint density at radius 1 is 1.36 bits per heavy atom. The number of hydrogen-bond acceptors (Lipinski definition) is 2. The Labute approximate surface area is 83.5 Å². The molecule has 3 nitrogen and oxygen atoms in total. The number of likely N-dealkylation sites (tertiary alicyclic amines) is 1. The van der Waals surface area contributed by atoms with Crippen LogP contribution in [0, 0.1) is 0 Å². The predicted molar refractivity (Wildman–Crippen MR) is 54.5 cm³/mol. The minimum absolute atomic E-state index is 0.0105. The van der Waals surface area contributed by atoms with E-state index in [2.05, 4.69) is 0 Å². The van der Waals surface area contributed by atoms with Crippen molar-refractivity contribution in [2.24, 2.45) is 5.73 Å². The van der Waals surface area contributed by atoms with Gasteiger partial charge in [0.25, 0.3) is 0 Å². The van der Waals surface area contributed by atoms with Crippen LogP contribution in [0.4, 0.5) is 0 Å². The number of β-lactam (4-membered cyclic amide) rings is 1. The Balaban J connectivity index is 2.40. The zero-order valence-electron chi connectivity index (χ0n) is 8.40. The monoisotopic (exact) mass is 190 g/mol. The summed E-state index contributed by atoms with van der Waals surface area (Å²) in [6, 6.07) is 9.48. The smallest absolute Gasteiger partial charge is 0.242 e. The van der Waals surface area contributed by atoms with Crippen LogP contribution < -0.4 is 5.73 Å². The van der Waals surface area contributed by atoms with E-state index in [1.807, 2.05) is 37.3 Å². The third kappa shape index (κ3) is 0.930. The molecular weight excluding hydrogens is 176 g/mol. The van der Waals surface area contributed by atoms with Gasteiger partial charge < -0.3 is 10.6 Å². The lowest BCUT2D eigenvalue weighted by atomic mass is 9.76. The second-order valence-electron chi connectivity index (χ2n) is 3.89. The summed E-state index contributed by atoms with van der Waals surface area (Å²) in [7, 11) is 1.79. The lowest BCUT2D eigenvalue weighted by Gasteiger charge is -2.53. The van der Waals surface area contributed by atoms with E-state index in [0.29, 0.717) is 0 Å². The van der Waals surface area contributed by atoms with Crippen LogP contribution in [-0.2, 0) is 10.3 Å². The van der Waals surface area contributed by atoms with Crippen molar-refractivity contribution in [2.45, 2.75) is 18.5 Å². The van der Waals surface area contributed by atoms with Gasteiger partial charge in [-0.25, -0.2) is 0 Å². The molecule has 1 aliphatic heterocycles. The standard InChI is InChI=1S/C11H14N2O/c1-11(8-6-4-3-5-7-8)9(12)10(14)13(11)2/h3-7,9H,12H2,1-2H3/t9-,11-/m1/s1. The van der Waals surface area contributed by atoms with Crippen molar-refractivity contribution in [1.82, 2.24) is 4.90 Å². The van der Waals surface area contributed by atoms with Gasteiger partial charge in [0.2, 0.25) is 5.91 Å². The van der Waals surface area contributed by atoms with Crippen LogP contribution in [0.1, 0.15) is 12.5 Å². The number of carbonyl (C=O) groups excluding carboxylic acids is 1. The largest absolute Gasteiger partial charge is 0.333 e. The molecule has 2 atom stereocenters. The van der Waals surface area contributed by atoms with Crippen LogP contribution in [-0.4, -0.2) is 23.9 Å². The fraction of sp³-hybridized carbons (Fsp3) is 0.364. The van der Waals surface area contributed by atoms with E-state index in [1.54, 1.807) is 11.9 Å². The number of carbonyl (C=O) groups is 1. The second kappa shape index (κ2) is 2.82. The fourth-order valence-electron chi connectivity index (χ4n) is 1.97. The molecular formula is C11H14N2O. The molecule has 1 amide bonds. The maximum Gasteiger partial charge on any atom is 0.242 e. The average Bonchev–Trinajstić information content (AvgIpc) is 2.27. The number of nitrogens with zero attached hydrogens (tertiary/aromatic N) is 1. The molecule has 2 N–H and O–H groups in total. The molecule has 1 aromatic rings. The van der Waals surface area contributed by atoms with Crippen molar-refractivity contribution < 1.29 is 4.79 Å². The van der Waals surface area contributed by atoms with Crippen LogP contribution in [0.5, 0.6) is 0 Å². The van der Waals surface area contributed by atoms with Crippen molar-refractivity contribution in [2.75, 3.05) is 7.05 Å². The van der Waals surface area contributed by atoms with Crippen molar-refractivity contribution in [3.8, 4) is 0 Å².